The van der Waals surface area contributed by atoms with Crippen molar-refractivity contribution in [2.45, 2.75) is 39.0 Å². The van der Waals surface area contributed by atoms with Crippen molar-refractivity contribution in [3.63, 3.8) is 0 Å². The highest BCUT2D eigenvalue weighted by atomic mass is 16.3. The van der Waals surface area contributed by atoms with Gasteiger partial charge in [0.15, 0.2) is 0 Å². The molecular formula is C28H29N5O2. The van der Waals surface area contributed by atoms with Crippen LogP contribution in [0.3, 0.4) is 0 Å². The van der Waals surface area contributed by atoms with Gasteiger partial charge in [-0.25, -0.2) is 9.78 Å². The van der Waals surface area contributed by atoms with Crippen molar-refractivity contribution >= 4 is 28.8 Å². The van der Waals surface area contributed by atoms with E-state index < -0.39 is 0 Å². The topological polar surface area (TPSA) is 77.3 Å². The third-order valence-electron chi connectivity index (χ3n) is 6.41. The van der Waals surface area contributed by atoms with Crippen molar-refractivity contribution in [2.75, 3.05) is 6.61 Å². The van der Waals surface area contributed by atoms with E-state index in [-0.39, 0.29) is 12.3 Å². The molecule has 0 spiro atoms. The van der Waals surface area contributed by atoms with Gasteiger partial charge in [0.25, 0.3) is 0 Å². The smallest absolute Gasteiger partial charge is 0.329 e. The second-order valence-corrected chi connectivity index (χ2v) is 8.74. The number of rotatable bonds is 10. The van der Waals surface area contributed by atoms with Crippen LogP contribution in [0.1, 0.15) is 29.8 Å². The first-order valence-electron chi connectivity index (χ1n) is 11.9. The first-order valence-corrected chi connectivity index (χ1v) is 11.9. The Morgan fingerprint density at radius 1 is 0.771 bits per heavy atom. The minimum Gasteiger partial charge on any atom is -0.396 e. The van der Waals surface area contributed by atoms with Crippen LogP contribution in [0.4, 0.5) is 0 Å². The van der Waals surface area contributed by atoms with Crippen molar-refractivity contribution in [1.29, 1.82) is 0 Å². The molecule has 35 heavy (non-hydrogen) atoms. The van der Waals surface area contributed by atoms with Gasteiger partial charge >= 0.3 is 5.69 Å². The SMILES string of the molecule is C=NCc1ccc(Cn2c(=O)n(Cc3nc4ccccc4n3CCCCO)c3ccccc32)cc1. The lowest BCUT2D eigenvalue weighted by atomic mass is 10.1. The number of benzene rings is 3. The van der Waals surface area contributed by atoms with Gasteiger partial charge in [0.05, 0.1) is 41.7 Å². The molecule has 0 atom stereocenters. The molecule has 0 aliphatic rings. The summed E-state index contributed by atoms with van der Waals surface area (Å²) >= 11 is 0. The maximum Gasteiger partial charge on any atom is 0.329 e. The van der Waals surface area contributed by atoms with Crippen molar-refractivity contribution in [3.8, 4) is 0 Å². The van der Waals surface area contributed by atoms with Gasteiger partial charge < -0.3 is 9.67 Å². The molecule has 3 aromatic carbocycles. The molecule has 0 aliphatic carbocycles. The zero-order valence-electron chi connectivity index (χ0n) is 19.7. The Bertz CT molecular complexity index is 1530. The minimum atomic E-state index is -0.0583. The van der Waals surface area contributed by atoms with Crippen LogP contribution in [-0.4, -0.2) is 37.1 Å². The van der Waals surface area contributed by atoms with Gasteiger partial charge in [0, 0.05) is 13.2 Å². The Balaban J connectivity index is 1.54. The van der Waals surface area contributed by atoms with Gasteiger partial charge in [0.2, 0.25) is 0 Å². The molecule has 0 fully saturated rings. The minimum absolute atomic E-state index is 0.0583. The second kappa shape index (κ2) is 10.1. The molecule has 0 bridgehead atoms. The number of hydrogen-bond acceptors (Lipinski definition) is 4. The first-order chi connectivity index (χ1) is 17.2. The molecular weight excluding hydrogens is 438 g/mol. The van der Waals surface area contributed by atoms with E-state index >= 15 is 0 Å². The highest BCUT2D eigenvalue weighted by molar-refractivity contribution is 5.77. The zero-order chi connectivity index (χ0) is 24.2. The number of unbranched alkanes of at least 4 members (excludes halogenated alkanes) is 1. The molecule has 5 rings (SSSR count). The lowest BCUT2D eigenvalue weighted by Crippen LogP contribution is -2.26. The lowest BCUT2D eigenvalue weighted by molar-refractivity contribution is 0.281. The molecule has 7 heteroatoms. The number of nitrogens with zero attached hydrogens (tertiary/aromatic N) is 5. The fraction of sp³-hybridized carbons (Fsp3) is 0.250. The van der Waals surface area contributed by atoms with Crippen molar-refractivity contribution in [3.05, 3.63) is 100 Å². The molecule has 7 nitrogen and oxygen atoms in total. The summed E-state index contributed by atoms with van der Waals surface area (Å²) < 4.78 is 5.82. The summed E-state index contributed by atoms with van der Waals surface area (Å²) in [6, 6.07) is 24.1. The number of aliphatic hydroxyl groups is 1. The number of aliphatic hydroxyl groups excluding tert-OH is 1. The van der Waals surface area contributed by atoms with E-state index in [0.717, 1.165) is 58.4 Å². The third-order valence-corrected chi connectivity index (χ3v) is 6.41. The van der Waals surface area contributed by atoms with E-state index in [1.807, 2.05) is 75.9 Å². The summed E-state index contributed by atoms with van der Waals surface area (Å²) in [6.45, 7) is 5.91. The number of hydrogen-bond donors (Lipinski definition) is 1. The number of aromatic nitrogens is 4. The van der Waals surface area contributed by atoms with Gasteiger partial charge in [-0.05, 0) is 55.0 Å². The molecule has 5 aromatic rings. The van der Waals surface area contributed by atoms with Crippen molar-refractivity contribution < 1.29 is 5.11 Å². The van der Waals surface area contributed by atoms with Crippen LogP contribution in [0.15, 0.2) is 82.6 Å². The van der Waals surface area contributed by atoms with Gasteiger partial charge in [-0.1, -0.05) is 48.5 Å². The summed E-state index contributed by atoms with van der Waals surface area (Å²) in [5.41, 5.74) is 5.84. The molecule has 178 valence electrons. The predicted molar refractivity (Wildman–Crippen MR) is 140 cm³/mol. The molecule has 0 saturated heterocycles. The molecule has 0 saturated carbocycles. The van der Waals surface area contributed by atoms with Gasteiger partial charge in [-0.15, -0.1) is 0 Å². The maximum atomic E-state index is 13.7. The summed E-state index contributed by atoms with van der Waals surface area (Å²) in [5, 5.41) is 9.25. The Hall–Kier alpha value is -3.97. The second-order valence-electron chi connectivity index (χ2n) is 8.74. The highest BCUT2D eigenvalue weighted by Gasteiger charge is 2.17. The molecule has 0 unspecified atom stereocenters. The number of aliphatic imine (C=N–C) groups is 1. The number of aryl methyl sites for hydroxylation is 1. The molecule has 0 amide bonds. The Kier molecular flexibility index (Phi) is 6.59. The summed E-state index contributed by atoms with van der Waals surface area (Å²) in [6.07, 6.45) is 1.57. The summed E-state index contributed by atoms with van der Waals surface area (Å²) in [4.78, 5) is 22.5. The fourth-order valence-electron chi connectivity index (χ4n) is 4.66. The molecule has 0 radical (unpaired) electrons. The first kappa shape index (κ1) is 22.8. The standard InChI is InChI=1S/C28H29N5O2/c1-29-18-21-12-14-22(15-13-21)19-32-25-10-4-5-11-26(25)33(28(32)35)20-27-30-23-8-2-3-9-24(23)31(27)16-6-7-17-34/h2-5,8-15,34H,1,6-7,16-20H2. The Morgan fingerprint density at radius 2 is 1.40 bits per heavy atom. The van der Waals surface area contributed by atoms with E-state index in [9.17, 15) is 9.90 Å². The van der Waals surface area contributed by atoms with Crippen molar-refractivity contribution in [2.24, 2.45) is 4.99 Å². The van der Waals surface area contributed by atoms with E-state index in [0.29, 0.717) is 19.6 Å². The average Bonchev–Trinajstić information content (AvgIpc) is 3.36. The summed E-state index contributed by atoms with van der Waals surface area (Å²) in [5.74, 6) is 0.843. The van der Waals surface area contributed by atoms with E-state index in [1.165, 1.54) is 0 Å². The number of para-hydroxylation sites is 4. The number of fused-ring (bicyclic) bond motifs is 2. The van der Waals surface area contributed by atoms with E-state index in [1.54, 1.807) is 0 Å². The quantitative estimate of drug-likeness (QED) is 0.247. The molecule has 2 aromatic heterocycles. The van der Waals surface area contributed by atoms with Gasteiger partial charge in [-0.2, -0.15) is 0 Å². The fourth-order valence-corrected chi connectivity index (χ4v) is 4.66. The highest BCUT2D eigenvalue weighted by Crippen LogP contribution is 2.20. The summed E-state index contributed by atoms with van der Waals surface area (Å²) in [7, 11) is 0. The Labute approximate surface area is 203 Å². The van der Waals surface area contributed by atoms with E-state index in [4.69, 9.17) is 4.98 Å². The number of imidazole rings is 2. The van der Waals surface area contributed by atoms with Crippen LogP contribution < -0.4 is 5.69 Å². The van der Waals surface area contributed by atoms with Crippen LogP contribution in [0.2, 0.25) is 0 Å². The lowest BCUT2D eigenvalue weighted by Gasteiger charge is -2.10. The Morgan fingerprint density at radius 3 is 2.09 bits per heavy atom. The largest absolute Gasteiger partial charge is 0.396 e. The van der Waals surface area contributed by atoms with Gasteiger partial charge in [-0.3, -0.25) is 14.1 Å². The average molecular weight is 468 g/mol. The van der Waals surface area contributed by atoms with Crippen LogP contribution in [0.5, 0.6) is 0 Å². The molecule has 1 N–H and O–H groups in total. The molecule has 2 heterocycles. The maximum absolute atomic E-state index is 13.7. The van der Waals surface area contributed by atoms with E-state index in [2.05, 4.69) is 22.3 Å². The van der Waals surface area contributed by atoms with Crippen LogP contribution >= 0.6 is 0 Å². The van der Waals surface area contributed by atoms with Crippen LogP contribution in [0, 0.1) is 0 Å². The monoisotopic (exact) mass is 467 g/mol. The predicted octanol–water partition coefficient (Wildman–Crippen LogP) is 4.22. The van der Waals surface area contributed by atoms with Crippen LogP contribution in [0.25, 0.3) is 22.1 Å². The molecule has 0 aliphatic heterocycles. The van der Waals surface area contributed by atoms with Gasteiger partial charge in [0.1, 0.15) is 5.82 Å². The normalized spacial score (nSPS) is 11.5. The third kappa shape index (κ3) is 4.55. The zero-order valence-corrected chi connectivity index (χ0v) is 19.7. The van der Waals surface area contributed by atoms with Crippen LogP contribution in [-0.2, 0) is 26.2 Å². The van der Waals surface area contributed by atoms with Crippen molar-refractivity contribution in [1.82, 2.24) is 18.7 Å².